The van der Waals surface area contributed by atoms with Crippen LogP contribution < -0.4 is 10.6 Å². The summed E-state index contributed by atoms with van der Waals surface area (Å²) in [6, 6.07) is 12.9. The first-order valence-electron chi connectivity index (χ1n) is 8.48. The second-order valence-corrected chi connectivity index (χ2v) is 6.26. The highest BCUT2D eigenvalue weighted by atomic mass is 16.5. The molecule has 1 aliphatic rings. The number of benzene rings is 2. The molecule has 0 saturated heterocycles. The molecule has 2 aromatic carbocycles. The Kier molecular flexibility index (Phi) is 4.74. The van der Waals surface area contributed by atoms with Crippen LogP contribution in [0.4, 0.5) is 4.79 Å². The molecule has 2 aromatic rings. The van der Waals surface area contributed by atoms with E-state index in [2.05, 4.69) is 10.6 Å². The third-order valence-electron chi connectivity index (χ3n) is 4.51. The fourth-order valence-electron chi connectivity index (χ4n) is 3.03. The molecule has 0 aromatic heterocycles. The summed E-state index contributed by atoms with van der Waals surface area (Å²) in [4.78, 5) is 24.8. The third kappa shape index (κ3) is 3.36. The first-order chi connectivity index (χ1) is 12.0. The van der Waals surface area contributed by atoms with Gasteiger partial charge in [0.1, 0.15) is 0 Å². The highest BCUT2D eigenvalue weighted by Gasteiger charge is 2.33. The predicted octanol–water partition coefficient (Wildman–Crippen LogP) is 3.81. The molecular weight excluding hydrogens is 316 g/mol. The number of carbonyl (C=O) groups is 2. The Morgan fingerprint density at radius 2 is 1.92 bits per heavy atom. The minimum absolute atomic E-state index is 0.182. The molecule has 3 rings (SSSR count). The standard InChI is InChI=1S/C20H22N2O3/c1-4-12(2)25-19(23)17-13(3)21-20(24)22-18(17)16-11-7-9-14-8-5-6-10-15(14)16/h5-12,18H,4H2,1-3H3,(H2,21,22,24)/t12-,18+/m1/s1. The zero-order valence-corrected chi connectivity index (χ0v) is 14.6. The van der Waals surface area contributed by atoms with Crippen molar-refractivity contribution >= 4 is 22.8 Å². The molecule has 0 spiro atoms. The van der Waals surface area contributed by atoms with Gasteiger partial charge in [-0.25, -0.2) is 9.59 Å². The summed E-state index contributed by atoms with van der Waals surface area (Å²) in [7, 11) is 0. The van der Waals surface area contributed by atoms with Crippen molar-refractivity contribution in [1.29, 1.82) is 0 Å². The summed E-state index contributed by atoms with van der Waals surface area (Å²) >= 11 is 0. The van der Waals surface area contributed by atoms with Crippen molar-refractivity contribution in [3.05, 3.63) is 59.3 Å². The van der Waals surface area contributed by atoms with Crippen LogP contribution in [0.25, 0.3) is 10.8 Å². The quantitative estimate of drug-likeness (QED) is 0.833. The van der Waals surface area contributed by atoms with Crippen molar-refractivity contribution in [2.24, 2.45) is 0 Å². The topological polar surface area (TPSA) is 67.4 Å². The number of carbonyl (C=O) groups excluding carboxylic acids is 2. The van der Waals surface area contributed by atoms with Crippen LogP contribution in [-0.4, -0.2) is 18.1 Å². The highest BCUT2D eigenvalue weighted by Crippen LogP contribution is 2.32. The Labute approximate surface area is 147 Å². The van der Waals surface area contributed by atoms with E-state index in [0.29, 0.717) is 11.3 Å². The Bertz CT molecular complexity index is 852. The smallest absolute Gasteiger partial charge is 0.338 e. The summed E-state index contributed by atoms with van der Waals surface area (Å²) < 4.78 is 5.52. The van der Waals surface area contributed by atoms with Gasteiger partial charge in [-0.1, -0.05) is 49.4 Å². The third-order valence-corrected chi connectivity index (χ3v) is 4.51. The van der Waals surface area contributed by atoms with E-state index >= 15 is 0 Å². The van der Waals surface area contributed by atoms with Gasteiger partial charge < -0.3 is 15.4 Å². The number of hydrogen-bond acceptors (Lipinski definition) is 3. The number of allylic oxidation sites excluding steroid dienone is 1. The lowest BCUT2D eigenvalue weighted by Crippen LogP contribution is -2.45. The monoisotopic (exact) mass is 338 g/mol. The summed E-state index contributed by atoms with van der Waals surface area (Å²) in [5, 5.41) is 7.60. The van der Waals surface area contributed by atoms with Gasteiger partial charge in [-0.3, -0.25) is 0 Å². The summed E-state index contributed by atoms with van der Waals surface area (Å²) in [6.45, 7) is 5.54. The second kappa shape index (κ2) is 6.97. The molecule has 25 heavy (non-hydrogen) atoms. The fraction of sp³-hybridized carbons (Fsp3) is 0.300. The second-order valence-electron chi connectivity index (χ2n) is 6.26. The van der Waals surface area contributed by atoms with Gasteiger partial charge >= 0.3 is 12.0 Å². The molecule has 130 valence electrons. The lowest BCUT2D eigenvalue weighted by atomic mass is 9.91. The predicted molar refractivity (Wildman–Crippen MR) is 96.9 cm³/mol. The van der Waals surface area contributed by atoms with E-state index in [1.54, 1.807) is 6.92 Å². The minimum atomic E-state index is -0.545. The Balaban J connectivity index is 2.09. The number of hydrogen-bond donors (Lipinski definition) is 2. The fourth-order valence-corrected chi connectivity index (χ4v) is 3.03. The lowest BCUT2D eigenvalue weighted by molar-refractivity contribution is -0.144. The van der Waals surface area contributed by atoms with Gasteiger partial charge in [0.2, 0.25) is 0 Å². The zero-order valence-electron chi connectivity index (χ0n) is 14.6. The van der Waals surface area contributed by atoms with Crippen LogP contribution in [0, 0.1) is 0 Å². The van der Waals surface area contributed by atoms with Gasteiger partial charge in [-0.15, -0.1) is 0 Å². The molecule has 0 bridgehead atoms. The van der Waals surface area contributed by atoms with E-state index in [1.807, 2.05) is 56.3 Å². The molecule has 5 nitrogen and oxygen atoms in total. The molecule has 1 heterocycles. The number of esters is 1. The Hall–Kier alpha value is -2.82. The van der Waals surface area contributed by atoms with Crippen LogP contribution >= 0.6 is 0 Å². The van der Waals surface area contributed by atoms with Crippen LogP contribution in [0.5, 0.6) is 0 Å². The Morgan fingerprint density at radius 1 is 1.20 bits per heavy atom. The molecular formula is C20H22N2O3. The Morgan fingerprint density at radius 3 is 2.68 bits per heavy atom. The molecule has 0 unspecified atom stereocenters. The van der Waals surface area contributed by atoms with Crippen LogP contribution in [0.2, 0.25) is 0 Å². The number of amides is 2. The number of nitrogens with one attached hydrogen (secondary N) is 2. The van der Waals surface area contributed by atoms with Gasteiger partial charge in [0.25, 0.3) is 0 Å². The van der Waals surface area contributed by atoms with Crippen molar-refractivity contribution in [2.45, 2.75) is 39.3 Å². The van der Waals surface area contributed by atoms with Gasteiger partial charge in [0.05, 0.1) is 17.7 Å². The van der Waals surface area contributed by atoms with Gasteiger partial charge in [0, 0.05) is 5.70 Å². The highest BCUT2D eigenvalue weighted by molar-refractivity contribution is 5.97. The molecule has 5 heteroatoms. The van der Waals surface area contributed by atoms with E-state index < -0.39 is 12.0 Å². The van der Waals surface area contributed by atoms with Crippen molar-refractivity contribution in [3.63, 3.8) is 0 Å². The minimum Gasteiger partial charge on any atom is -0.459 e. The van der Waals surface area contributed by atoms with E-state index in [0.717, 1.165) is 22.8 Å². The molecule has 2 N–H and O–H groups in total. The number of urea groups is 1. The maximum atomic E-state index is 12.7. The average Bonchev–Trinajstić information content (AvgIpc) is 2.60. The number of fused-ring (bicyclic) bond motifs is 1. The molecule has 0 fully saturated rings. The summed E-state index contributed by atoms with van der Waals surface area (Å²) in [5.41, 5.74) is 1.84. The van der Waals surface area contributed by atoms with Crippen LogP contribution in [-0.2, 0) is 9.53 Å². The van der Waals surface area contributed by atoms with Crippen molar-refractivity contribution in [1.82, 2.24) is 10.6 Å². The molecule has 0 saturated carbocycles. The van der Waals surface area contributed by atoms with Crippen LogP contribution in [0.1, 0.15) is 38.8 Å². The van der Waals surface area contributed by atoms with E-state index in [-0.39, 0.29) is 12.1 Å². The summed E-state index contributed by atoms with van der Waals surface area (Å²) in [6.07, 6.45) is 0.551. The van der Waals surface area contributed by atoms with Gasteiger partial charge in [-0.05, 0) is 36.6 Å². The van der Waals surface area contributed by atoms with Crippen LogP contribution in [0.15, 0.2) is 53.7 Å². The molecule has 2 amide bonds. The number of ether oxygens (including phenoxy) is 1. The molecule has 0 radical (unpaired) electrons. The molecule has 1 aliphatic heterocycles. The van der Waals surface area contributed by atoms with E-state index in [9.17, 15) is 9.59 Å². The summed E-state index contributed by atoms with van der Waals surface area (Å²) in [5.74, 6) is -0.405. The first kappa shape index (κ1) is 17.0. The van der Waals surface area contributed by atoms with Gasteiger partial charge in [-0.2, -0.15) is 0 Å². The largest absolute Gasteiger partial charge is 0.459 e. The first-order valence-corrected chi connectivity index (χ1v) is 8.48. The zero-order chi connectivity index (χ0) is 18.0. The normalized spacial score (nSPS) is 18.5. The molecule has 0 aliphatic carbocycles. The van der Waals surface area contributed by atoms with Crippen molar-refractivity contribution < 1.29 is 14.3 Å². The SMILES string of the molecule is CC[C@@H](C)OC(=O)C1=C(C)NC(=O)N[C@H]1c1cccc2ccccc12. The van der Waals surface area contributed by atoms with E-state index in [1.165, 1.54) is 0 Å². The maximum Gasteiger partial charge on any atom is 0.338 e. The van der Waals surface area contributed by atoms with E-state index in [4.69, 9.17) is 4.74 Å². The molecule has 2 atom stereocenters. The van der Waals surface area contributed by atoms with Crippen LogP contribution in [0.3, 0.4) is 0 Å². The van der Waals surface area contributed by atoms with Crippen molar-refractivity contribution in [2.75, 3.05) is 0 Å². The van der Waals surface area contributed by atoms with Crippen molar-refractivity contribution in [3.8, 4) is 0 Å². The maximum absolute atomic E-state index is 12.7. The van der Waals surface area contributed by atoms with Gasteiger partial charge in [0.15, 0.2) is 0 Å². The lowest BCUT2D eigenvalue weighted by Gasteiger charge is -2.29. The average molecular weight is 338 g/mol. The number of rotatable bonds is 4.